The minimum absolute atomic E-state index is 0.0880. The fraction of sp³-hybridized carbons (Fsp3) is 0.375. The third-order valence-electron chi connectivity index (χ3n) is 3.45. The van der Waals surface area contributed by atoms with Crippen LogP contribution in [0.5, 0.6) is 0 Å². The molecular weight excluding hydrogens is 268 g/mol. The summed E-state index contributed by atoms with van der Waals surface area (Å²) in [5.41, 5.74) is 6.70. The Kier molecular flexibility index (Phi) is 4.62. The Morgan fingerprint density at radius 3 is 2.62 bits per heavy atom. The minimum Gasteiger partial charge on any atom is -0.451 e. The average molecular weight is 288 g/mol. The van der Waals surface area contributed by atoms with Gasteiger partial charge in [0.2, 0.25) is 5.91 Å². The molecule has 2 aromatic rings. The molecule has 112 valence electrons. The van der Waals surface area contributed by atoms with Gasteiger partial charge >= 0.3 is 0 Å². The number of nitrogens with two attached hydrogens (primary N) is 1. The summed E-state index contributed by atoms with van der Waals surface area (Å²) in [6.45, 7) is 4.28. The lowest BCUT2D eigenvalue weighted by atomic mass is 10.1. The Bertz CT molecular complexity index is 661. The molecule has 0 unspecified atom stereocenters. The summed E-state index contributed by atoms with van der Waals surface area (Å²) >= 11 is 0. The van der Waals surface area contributed by atoms with Crippen molar-refractivity contribution in [2.45, 2.75) is 26.7 Å². The van der Waals surface area contributed by atoms with Crippen molar-refractivity contribution >= 4 is 22.8 Å². The van der Waals surface area contributed by atoms with Gasteiger partial charge in [0.1, 0.15) is 5.58 Å². The monoisotopic (exact) mass is 288 g/mol. The highest BCUT2D eigenvalue weighted by Gasteiger charge is 2.23. The molecule has 0 atom stereocenters. The van der Waals surface area contributed by atoms with Crippen LogP contribution >= 0.6 is 0 Å². The van der Waals surface area contributed by atoms with Crippen molar-refractivity contribution in [3.63, 3.8) is 0 Å². The third kappa shape index (κ3) is 3.24. The Labute approximate surface area is 123 Å². The van der Waals surface area contributed by atoms with Crippen molar-refractivity contribution < 1.29 is 14.0 Å². The number of nitrogens with zero attached hydrogens (tertiary/aromatic N) is 1. The number of carbonyl (C=O) groups is 2. The van der Waals surface area contributed by atoms with E-state index in [1.807, 2.05) is 38.1 Å². The number of unbranched alkanes of at least 4 members (excludes halogenated alkanes) is 1. The lowest BCUT2D eigenvalue weighted by Gasteiger charge is -2.19. The van der Waals surface area contributed by atoms with Gasteiger partial charge in [-0.1, -0.05) is 31.5 Å². The number of primary amides is 1. The van der Waals surface area contributed by atoms with Gasteiger partial charge in [0.25, 0.3) is 5.91 Å². The zero-order chi connectivity index (χ0) is 15.4. The van der Waals surface area contributed by atoms with E-state index in [-0.39, 0.29) is 18.2 Å². The number of furan rings is 1. The molecule has 0 aliphatic carbocycles. The van der Waals surface area contributed by atoms with E-state index >= 15 is 0 Å². The second-order valence-corrected chi connectivity index (χ2v) is 5.10. The molecule has 0 saturated heterocycles. The number of hydrogen-bond donors (Lipinski definition) is 1. The molecule has 0 saturated carbocycles. The van der Waals surface area contributed by atoms with Crippen LogP contribution in [0.2, 0.25) is 0 Å². The second-order valence-electron chi connectivity index (χ2n) is 5.10. The van der Waals surface area contributed by atoms with Gasteiger partial charge in [-0.05, 0) is 19.4 Å². The first-order chi connectivity index (χ1) is 10.0. The van der Waals surface area contributed by atoms with Gasteiger partial charge < -0.3 is 15.1 Å². The van der Waals surface area contributed by atoms with Crippen molar-refractivity contribution in [3.05, 3.63) is 35.6 Å². The van der Waals surface area contributed by atoms with Gasteiger partial charge in [-0.3, -0.25) is 9.59 Å². The highest BCUT2D eigenvalue weighted by atomic mass is 16.3. The smallest absolute Gasteiger partial charge is 0.290 e. The first-order valence-electron chi connectivity index (χ1n) is 7.10. The normalized spacial score (nSPS) is 10.8. The molecule has 0 aliphatic heterocycles. The molecule has 0 fully saturated rings. The molecular formula is C16H20N2O3. The standard InChI is InChI=1S/C16H20N2O3/c1-3-4-9-18(10-14(17)19)16(20)15-11(2)12-7-5-6-8-13(12)21-15/h5-8H,3-4,9-10H2,1-2H3,(H2,17,19). The van der Waals surface area contributed by atoms with Crippen LogP contribution in [-0.4, -0.2) is 29.8 Å². The molecule has 0 aliphatic rings. The minimum atomic E-state index is -0.520. The summed E-state index contributed by atoms with van der Waals surface area (Å²) < 4.78 is 5.66. The average Bonchev–Trinajstić information content (AvgIpc) is 2.80. The molecule has 5 heteroatoms. The van der Waals surface area contributed by atoms with Crippen molar-refractivity contribution in [2.75, 3.05) is 13.1 Å². The molecule has 2 N–H and O–H groups in total. The van der Waals surface area contributed by atoms with Crippen LogP contribution in [-0.2, 0) is 4.79 Å². The molecule has 0 radical (unpaired) electrons. The summed E-state index contributed by atoms with van der Waals surface area (Å²) in [4.78, 5) is 25.2. The molecule has 1 aromatic heterocycles. The predicted octanol–water partition coefficient (Wildman–Crippen LogP) is 2.47. The van der Waals surface area contributed by atoms with Crippen molar-refractivity contribution in [1.29, 1.82) is 0 Å². The SMILES string of the molecule is CCCCN(CC(N)=O)C(=O)c1oc2ccccc2c1C. The van der Waals surface area contributed by atoms with Crippen molar-refractivity contribution in [1.82, 2.24) is 4.90 Å². The summed E-state index contributed by atoms with van der Waals surface area (Å²) in [6.07, 6.45) is 1.75. The Morgan fingerprint density at radius 1 is 1.29 bits per heavy atom. The highest BCUT2D eigenvalue weighted by molar-refractivity contribution is 6.00. The van der Waals surface area contributed by atoms with Crippen molar-refractivity contribution in [2.24, 2.45) is 5.73 Å². The lowest BCUT2D eigenvalue weighted by Crippen LogP contribution is -2.39. The first kappa shape index (κ1) is 15.1. The van der Waals surface area contributed by atoms with Gasteiger partial charge in [0, 0.05) is 17.5 Å². The summed E-state index contributed by atoms with van der Waals surface area (Å²) in [7, 11) is 0. The predicted molar refractivity (Wildman–Crippen MR) is 81.0 cm³/mol. The summed E-state index contributed by atoms with van der Waals surface area (Å²) in [6, 6.07) is 7.49. The molecule has 5 nitrogen and oxygen atoms in total. The van der Waals surface area contributed by atoms with Crippen LogP contribution in [0.3, 0.4) is 0 Å². The zero-order valence-corrected chi connectivity index (χ0v) is 12.4. The van der Waals surface area contributed by atoms with Gasteiger partial charge in [-0.2, -0.15) is 0 Å². The van der Waals surface area contributed by atoms with Crippen LogP contribution in [0.25, 0.3) is 11.0 Å². The zero-order valence-electron chi connectivity index (χ0n) is 12.4. The Morgan fingerprint density at radius 2 is 2.00 bits per heavy atom. The van der Waals surface area contributed by atoms with E-state index in [0.717, 1.165) is 23.8 Å². The lowest BCUT2D eigenvalue weighted by molar-refractivity contribution is -0.118. The van der Waals surface area contributed by atoms with Crippen LogP contribution in [0.1, 0.15) is 35.9 Å². The van der Waals surface area contributed by atoms with E-state index in [9.17, 15) is 9.59 Å². The van der Waals surface area contributed by atoms with Gasteiger partial charge in [-0.15, -0.1) is 0 Å². The second kappa shape index (κ2) is 6.43. The maximum absolute atomic E-state index is 12.6. The molecule has 2 amide bonds. The number of benzene rings is 1. The number of fused-ring (bicyclic) bond motifs is 1. The topological polar surface area (TPSA) is 76.5 Å². The highest BCUT2D eigenvalue weighted by Crippen LogP contribution is 2.26. The fourth-order valence-corrected chi connectivity index (χ4v) is 2.31. The van der Waals surface area contributed by atoms with E-state index in [0.29, 0.717) is 12.1 Å². The van der Waals surface area contributed by atoms with E-state index in [1.54, 1.807) is 0 Å². The molecule has 2 rings (SSSR count). The number of rotatable bonds is 6. The molecule has 21 heavy (non-hydrogen) atoms. The van der Waals surface area contributed by atoms with Crippen LogP contribution in [0, 0.1) is 6.92 Å². The maximum atomic E-state index is 12.6. The van der Waals surface area contributed by atoms with E-state index in [4.69, 9.17) is 10.2 Å². The van der Waals surface area contributed by atoms with Crippen LogP contribution in [0.4, 0.5) is 0 Å². The molecule has 0 bridgehead atoms. The summed E-state index contributed by atoms with van der Waals surface area (Å²) in [5.74, 6) is -0.516. The van der Waals surface area contributed by atoms with Gasteiger partial charge in [0.05, 0.1) is 6.54 Å². The van der Waals surface area contributed by atoms with E-state index in [1.165, 1.54) is 4.90 Å². The Hall–Kier alpha value is -2.30. The molecule has 1 aromatic carbocycles. The van der Waals surface area contributed by atoms with Crippen LogP contribution < -0.4 is 5.73 Å². The number of hydrogen-bond acceptors (Lipinski definition) is 3. The van der Waals surface area contributed by atoms with Crippen molar-refractivity contribution in [3.8, 4) is 0 Å². The van der Waals surface area contributed by atoms with E-state index < -0.39 is 5.91 Å². The largest absolute Gasteiger partial charge is 0.451 e. The van der Waals surface area contributed by atoms with E-state index in [2.05, 4.69) is 0 Å². The van der Waals surface area contributed by atoms with Gasteiger partial charge in [0.15, 0.2) is 5.76 Å². The number of aryl methyl sites for hydroxylation is 1. The quantitative estimate of drug-likeness (QED) is 0.887. The molecule has 1 heterocycles. The summed E-state index contributed by atoms with van der Waals surface area (Å²) in [5, 5.41) is 0.912. The Balaban J connectivity index is 2.33. The van der Waals surface area contributed by atoms with Crippen LogP contribution in [0.15, 0.2) is 28.7 Å². The fourth-order valence-electron chi connectivity index (χ4n) is 2.31. The third-order valence-corrected chi connectivity index (χ3v) is 3.45. The number of amides is 2. The molecule has 0 spiro atoms. The maximum Gasteiger partial charge on any atom is 0.290 e. The number of carbonyl (C=O) groups excluding carboxylic acids is 2. The first-order valence-corrected chi connectivity index (χ1v) is 7.10. The number of para-hydroxylation sites is 1. The van der Waals surface area contributed by atoms with Gasteiger partial charge in [-0.25, -0.2) is 0 Å².